The summed E-state index contributed by atoms with van der Waals surface area (Å²) in [6.45, 7) is 3.61. The van der Waals surface area contributed by atoms with E-state index in [0.29, 0.717) is 45.3 Å². The van der Waals surface area contributed by atoms with Gasteiger partial charge in [0.2, 0.25) is 11.8 Å². The zero-order chi connectivity index (χ0) is 20.7. The van der Waals surface area contributed by atoms with Crippen LogP contribution in [0.3, 0.4) is 0 Å². The molecule has 0 spiro atoms. The zero-order valence-electron chi connectivity index (χ0n) is 17.3. The molecule has 0 bridgehead atoms. The number of aromatic nitrogens is 1. The minimum Gasteiger partial charge on any atom is -0.491 e. The maximum atomic E-state index is 13.0. The first kappa shape index (κ1) is 19.8. The van der Waals surface area contributed by atoms with Gasteiger partial charge in [-0.15, -0.1) is 0 Å². The highest BCUT2D eigenvalue weighted by atomic mass is 16.5. The maximum absolute atomic E-state index is 13.0. The van der Waals surface area contributed by atoms with Gasteiger partial charge in [-0.25, -0.2) is 0 Å². The van der Waals surface area contributed by atoms with Gasteiger partial charge in [0, 0.05) is 50.1 Å². The Labute approximate surface area is 176 Å². The zero-order valence-corrected chi connectivity index (χ0v) is 17.3. The summed E-state index contributed by atoms with van der Waals surface area (Å²) in [6.07, 6.45) is 4.69. The van der Waals surface area contributed by atoms with Gasteiger partial charge in [0.25, 0.3) is 0 Å². The predicted octanol–water partition coefficient (Wildman–Crippen LogP) is 0.689. The smallest absolute Gasteiger partial charge is 0.247 e. The number of rotatable bonds is 3. The van der Waals surface area contributed by atoms with E-state index in [1.54, 1.807) is 4.90 Å². The van der Waals surface area contributed by atoms with Crippen LogP contribution in [0.2, 0.25) is 0 Å². The quantitative estimate of drug-likeness (QED) is 0.782. The summed E-state index contributed by atoms with van der Waals surface area (Å²) in [7, 11) is 0. The summed E-state index contributed by atoms with van der Waals surface area (Å²) in [5.74, 6) is 1.63. The van der Waals surface area contributed by atoms with Crippen molar-refractivity contribution in [3.8, 4) is 5.75 Å². The number of pyridine rings is 1. The molecule has 8 heteroatoms. The number of ether oxygens (including phenoxy) is 2. The molecule has 1 aromatic heterocycles. The number of nitrogens with two attached hydrogens (primary N) is 1. The summed E-state index contributed by atoms with van der Waals surface area (Å²) in [6, 6.07) is 4.13. The van der Waals surface area contributed by atoms with Gasteiger partial charge >= 0.3 is 0 Å². The van der Waals surface area contributed by atoms with Gasteiger partial charge in [-0.05, 0) is 37.8 Å². The molecular formula is C22H30N4O4. The topological polar surface area (TPSA) is 98.0 Å². The average molecular weight is 415 g/mol. The van der Waals surface area contributed by atoms with E-state index in [2.05, 4.69) is 6.07 Å². The third kappa shape index (κ3) is 3.56. The van der Waals surface area contributed by atoms with Crippen LogP contribution in [0.1, 0.15) is 43.0 Å². The lowest BCUT2D eigenvalue weighted by Crippen LogP contribution is -2.69. The van der Waals surface area contributed by atoms with E-state index in [0.717, 1.165) is 55.8 Å². The van der Waals surface area contributed by atoms with Crippen molar-refractivity contribution in [2.75, 3.05) is 46.0 Å². The van der Waals surface area contributed by atoms with Crippen molar-refractivity contribution >= 4 is 11.8 Å². The van der Waals surface area contributed by atoms with E-state index in [4.69, 9.17) is 20.2 Å². The second kappa shape index (κ2) is 7.81. The Bertz CT molecular complexity index is 824. The lowest BCUT2D eigenvalue weighted by atomic mass is 9.79. The van der Waals surface area contributed by atoms with E-state index in [1.165, 1.54) is 0 Å². The molecule has 162 valence electrons. The number of fused-ring (bicyclic) bond motifs is 1. The van der Waals surface area contributed by atoms with Crippen molar-refractivity contribution in [3.05, 3.63) is 23.5 Å². The Morgan fingerprint density at radius 3 is 2.40 bits per heavy atom. The standard InChI is InChI=1S/C22H30N4O4/c23-22(13-29-14-22)21(28)26-10-8-25(9-11-26)20(27)16-3-1-15(2-4-16)17-5-6-19-18(24-17)7-12-30-19/h5-6,15-16H,1-4,7-14,23H2. The first-order valence-corrected chi connectivity index (χ1v) is 11.1. The third-order valence-corrected chi connectivity index (χ3v) is 7.07. The van der Waals surface area contributed by atoms with Crippen LogP contribution >= 0.6 is 0 Å². The van der Waals surface area contributed by atoms with Gasteiger partial charge in [0.15, 0.2) is 0 Å². The van der Waals surface area contributed by atoms with Crippen LogP contribution in [0.5, 0.6) is 5.75 Å². The number of amides is 2. The second-order valence-corrected chi connectivity index (χ2v) is 9.09. The van der Waals surface area contributed by atoms with Crippen molar-refractivity contribution in [2.24, 2.45) is 11.7 Å². The Kier molecular flexibility index (Phi) is 5.14. The Balaban J connectivity index is 1.12. The molecule has 2 N–H and O–H groups in total. The van der Waals surface area contributed by atoms with E-state index in [-0.39, 0.29) is 17.7 Å². The SMILES string of the molecule is NC1(C(=O)N2CCN(C(=O)C3CCC(c4ccc5c(n4)CCO5)CC3)CC2)COC1. The monoisotopic (exact) mass is 414 g/mol. The molecule has 1 aromatic rings. The Morgan fingerprint density at radius 1 is 1.03 bits per heavy atom. The molecule has 1 aliphatic carbocycles. The molecule has 0 atom stereocenters. The van der Waals surface area contributed by atoms with Crippen molar-refractivity contribution in [3.63, 3.8) is 0 Å². The number of piperazine rings is 1. The molecule has 5 rings (SSSR count). The van der Waals surface area contributed by atoms with E-state index in [9.17, 15) is 9.59 Å². The summed E-state index contributed by atoms with van der Waals surface area (Å²) in [5.41, 5.74) is 7.43. The van der Waals surface area contributed by atoms with Gasteiger partial charge < -0.3 is 25.0 Å². The molecule has 3 aliphatic heterocycles. The van der Waals surface area contributed by atoms with Crippen molar-refractivity contribution in [2.45, 2.75) is 43.6 Å². The predicted molar refractivity (Wildman–Crippen MR) is 109 cm³/mol. The third-order valence-electron chi connectivity index (χ3n) is 7.07. The van der Waals surface area contributed by atoms with Crippen molar-refractivity contribution in [1.29, 1.82) is 0 Å². The van der Waals surface area contributed by atoms with Gasteiger partial charge in [-0.3, -0.25) is 14.6 Å². The van der Waals surface area contributed by atoms with Crippen LogP contribution < -0.4 is 10.5 Å². The number of nitrogens with zero attached hydrogens (tertiary/aromatic N) is 3. The summed E-state index contributed by atoms with van der Waals surface area (Å²) < 4.78 is 10.7. The minimum absolute atomic E-state index is 0.0476. The van der Waals surface area contributed by atoms with E-state index >= 15 is 0 Å². The Hall–Kier alpha value is -2.19. The fourth-order valence-corrected chi connectivity index (χ4v) is 5.09. The summed E-state index contributed by atoms with van der Waals surface area (Å²) >= 11 is 0. The molecule has 0 radical (unpaired) electrons. The van der Waals surface area contributed by atoms with Gasteiger partial charge in [-0.2, -0.15) is 0 Å². The van der Waals surface area contributed by atoms with E-state index < -0.39 is 5.54 Å². The summed E-state index contributed by atoms with van der Waals surface area (Å²) in [5, 5.41) is 0. The van der Waals surface area contributed by atoms with Gasteiger partial charge in [0.1, 0.15) is 11.3 Å². The minimum atomic E-state index is -0.859. The number of carbonyl (C=O) groups is 2. The lowest BCUT2D eigenvalue weighted by Gasteiger charge is -2.43. The van der Waals surface area contributed by atoms with Crippen LogP contribution in [0, 0.1) is 5.92 Å². The molecule has 4 aliphatic rings. The fourth-order valence-electron chi connectivity index (χ4n) is 5.09. The number of hydrogen-bond acceptors (Lipinski definition) is 6. The molecule has 30 heavy (non-hydrogen) atoms. The van der Waals surface area contributed by atoms with Crippen LogP contribution in [0.4, 0.5) is 0 Å². The Morgan fingerprint density at radius 2 is 1.73 bits per heavy atom. The van der Waals surface area contributed by atoms with E-state index in [1.807, 2.05) is 11.0 Å². The normalized spacial score (nSPS) is 27.8. The van der Waals surface area contributed by atoms with Crippen LogP contribution in [-0.2, 0) is 20.7 Å². The first-order chi connectivity index (χ1) is 14.5. The molecule has 4 heterocycles. The molecule has 0 aromatic carbocycles. The number of hydrogen-bond donors (Lipinski definition) is 1. The van der Waals surface area contributed by atoms with Crippen molar-refractivity contribution < 1.29 is 19.1 Å². The second-order valence-electron chi connectivity index (χ2n) is 9.09. The molecule has 0 unspecified atom stereocenters. The van der Waals surface area contributed by atoms with Gasteiger partial charge in [-0.1, -0.05) is 0 Å². The average Bonchev–Trinajstić information content (AvgIpc) is 3.24. The highest BCUT2D eigenvalue weighted by Gasteiger charge is 2.45. The molecule has 2 amide bonds. The molecule has 2 saturated heterocycles. The molecule has 8 nitrogen and oxygen atoms in total. The largest absolute Gasteiger partial charge is 0.491 e. The van der Waals surface area contributed by atoms with Crippen LogP contribution in [-0.4, -0.2) is 78.1 Å². The first-order valence-electron chi connectivity index (χ1n) is 11.1. The molecule has 1 saturated carbocycles. The highest BCUT2D eigenvalue weighted by molar-refractivity contribution is 5.88. The van der Waals surface area contributed by atoms with Gasteiger partial charge in [0.05, 0.1) is 25.5 Å². The maximum Gasteiger partial charge on any atom is 0.247 e. The number of carbonyl (C=O) groups excluding carboxylic acids is 2. The highest BCUT2D eigenvalue weighted by Crippen LogP contribution is 2.37. The van der Waals surface area contributed by atoms with Crippen LogP contribution in [0.25, 0.3) is 0 Å². The van der Waals surface area contributed by atoms with Crippen molar-refractivity contribution in [1.82, 2.24) is 14.8 Å². The molecule has 3 fully saturated rings. The molecular weight excluding hydrogens is 384 g/mol. The van der Waals surface area contributed by atoms with Crippen LogP contribution in [0.15, 0.2) is 12.1 Å². The summed E-state index contributed by atoms with van der Waals surface area (Å²) in [4.78, 5) is 34.1. The fraction of sp³-hybridized carbons (Fsp3) is 0.682. The lowest BCUT2D eigenvalue weighted by molar-refractivity contribution is -0.158.